The maximum Gasteiger partial charge on any atom is 0.0713 e. The first-order valence-electron chi connectivity index (χ1n) is 9.96. The van der Waals surface area contributed by atoms with Gasteiger partial charge < -0.3 is 0 Å². The van der Waals surface area contributed by atoms with Gasteiger partial charge in [-0.1, -0.05) is 108 Å². The Labute approximate surface area is 167 Å². The fourth-order valence-electron chi connectivity index (χ4n) is 4.79. The van der Waals surface area contributed by atoms with Gasteiger partial charge in [-0.2, -0.15) is 0 Å². The van der Waals surface area contributed by atoms with Gasteiger partial charge in [-0.15, -0.1) is 0 Å². The quantitative estimate of drug-likeness (QED) is 0.319. The molecule has 28 heavy (non-hydrogen) atoms. The van der Waals surface area contributed by atoms with Gasteiger partial charge in [-0.3, -0.25) is 0 Å². The summed E-state index contributed by atoms with van der Waals surface area (Å²) in [4.78, 5) is 0. The van der Waals surface area contributed by atoms with E-state index in [-0.39, 0.29) is 5.41 Å². The van der Waals surface area contributed by atoms with Crippen molar-refractivity contribution in [1.82, 2.24) is 0 Å². The van der Waals surface area contributed by atoms with Crippen LogP contribution in [0.3, 0.4) is 0 Å². The highest BCUT2D eigenvalue weighted by atomic mass is 14.5. The Kier molecular flexibility index (Phi) is 3.77. The average Bonchev–Trinajstić information content (AvgIpc) is 3.00. The molecule has 0 heteroatoms. The number of aryl methyl sites for hydroxylation is 3. The molecular formula is C28H24. The number of rotatable bonds is 2. The molecule has 0 N–H and O–H groups in total. The number of fused-ring (bicyclic) bond motifs is 3. The van der Waals surface area contributed by atoms with Crippen molar-refractivity contribution in [2.24, 2.45) is 0 Å². The van der Waals surface area contributed by atoms with E-state index in [1.165, 1.54) is 50.1 Å². The normalized spacial score (nSPS) is 13.8. The van der Waals surface area contributed by atoms with Gasteiger partial charge in [0.15, 0.2) is 0 Å². The van der Waals surface area contributed by atoms with Crippen LogP contribution in [0.15, 0.2) is 91.0 Å². The maximum atomic E-state index is 2.35. The molecule has 0 amide bonds. The molecule has 0 spiro atoms. The molecule has 0 radical (unpaired) electrons. The van der Waals surface area contributed by atoms with Gasteiger partial charge in [-0.25, -0.2) is 0 Å². The predicted octanol–water partition coefficient (Wildman–Crippen LogP) is 6.97. The SMILES string of the molecule is Cc1ccc(C2(c3ccc(C)cc3)c3ccccc3-c3cc(C)ccc32)cc1. The monoisotopic (exact) mass is 360 g/mol. The van der Waals surface area contributed by atoms with Crippen LogP contribution in [-0.4, -0.2) is 0 Å². The lowest BCUT2D eigenvalue weighted by atomic mass is 9.67. The lowest BCUT2D eigenvalue weighted by Gasteiger charge is -2.34. The Hall–Kier alpha value is -3.12. The molecule has 0 saturated heterocycles. The fourth-order valence-corrected chi connectivity index (χ4v) is 4.79. The topological polar surface area (TPSA) is 0 Å². The summed E-state index contributed by atoms with van der Waals surface area (Å²) in [6.45, 7) is 6.49. The number of hydrogen-bond acceptors (Lipinski definition) is 0. The van der Waals surface area contributed by atoms with Crippen LogP contribution in [0.25, 0.3) is 11.1 Å². The molecule has 136 valence electrons. The van der Waals surface area contributed by atoms with E-state index in [1.54, 1.807) is 0 Å². The number of hydrogen-bond donors (Lipinski definition) is 0. The summed E-state index contributed by atoms with van der Waals surface area (Å²) in [6.07, 6.45) is 0. The standard InChI is InChI=1S/C28H24/c1-19-8-13-22(14-9-19)28(23-15-10-20(2)11-16-23)26-7-5-4-6-24(26)25-18-21(3)12-17-27(25)28/h4-18H,1-3H3. The highest BCUT2D eigenvalue weighted by molar-refractivity contribution is 5.86. The largest absolute Gasteiger partial charge is 0.0713 e. The highest BCUT2D eigenvalue weighted by Crippen LogP contribution is 2.56. The summed E-state index contributed by atoms with van der Waals surface area (Å²) in [6, 6.07) is 34.0. The Balaban J connectivity index is 1.95. The molecule has 0 unspecified atom stereocenters. The van der Waals surface area contributed by atoms with E-state index < -0.39 is 0 Å². The third-order valence-corrected chi connectivity index (χ3v) is 6.17. The predicted molar refractivity (Wildman–Crippen MR) is 118 cm³/mol. The van der Waals surface area contributed by atoms with Crippen LogP contribution in [0, 0.1) is 20.8 Å². The van der Waals surface area contributed by atoms with E-state index >= 15 is 0 Å². The van der Waals surface area contributed by atoms with Gasteiger partial charge in [0.1, 0.15) is 0 Å². The van der Waals surface area contributed by atoms with Gasteiger partial charge in [0.25, 0.3) is 0 Å². The summed E-state index contributed by atoms with van der Waals surface area (Å²) < 4.78 is 0. The Morgan fingerprint density at radius 1 is 0.464 bits per heavy atom. The van der Waals surface area contributed by atoms with Crippen molar-refractivity contribution in [3.63, 3.8) is 0 Å². The van der Waals surface area contributed by atoms with E-state index in [0.29, 0.717) is 0 Å². The minimum absolute atomic E-state index is 0.277. The second kappa shape index (κ2) is 6.21. The van der Waals surface area contributed by atoms with Gasteiger partial charge in [0.2, 0.25) is 0 Å². The van der Waals surface area contributed by atoms with Crippen LogP contribution >= 0.6 is 0 Å². The van der Waals surface area contributed by atoms with Crippen LogP contribution in [0.5, 0.6) is 0 Å². The molecule has 0 bridgehead atoms. The van der Waals surface area contributed by atoms with Crippen molar-refractivity contribution < 1.29 is 0 Å². The van der Waals surface area contributed by atoms with Gasteiger partial charge in [0, 0.05) is 0 Å². The molecule has 0 nitrogen and oxygen atoms in total. The third kappa shape index (κ3) is 2.31. The number of benzene rings is 4. The van der Waals surface area contributed by atoms with Crippen molar-refractivity contribution in [3.8, 4) is 11.1 Å². The first-order valence-corrected chi connectivity index (χ1v) is 9.96. The molecule has 0 aliphatic heterocycles. The molecular weight excluding hydrogens is 336 g/mol. The van der Waals surface area contributed by atoms with Crippen LogP contribution in [0.2, 0.25) is 0 Å². The van der Waals surface area contributed by atoms with Crippen LogP contribution in [-0.2, 0) is 5.41 Å². The second-order valence-corrected chi connectivity index (χ2v) is 8.08. The van der Waals surface area contributed by atoms with E-state index in [2.05, 4.69) is 112 Å². The molecule has 0 atom stereocenters. The molecule has 0 aromatic heterocycles. The minimum Gasteiger partial charge on any atom is -0.0619 e. The highest BCUT2D eigenvalue weighted by Gasteiger charge is 2.45. The molecule has 0 fully saturated rings. The van der Waals surface area contributed by atoms with Gasteiger partial charge in [-0.05, 0) is 54.2 Å². The average molecular weight is 361 g/mol. The molecule has 4 aromatic rings. The first kappa shape index (κ1) is 17.0. The van der Waals surface area contributed by atoms with Crippen LogP contribution < -0.4 is 0 Å². The van der Waals surface area contributed by atoms with E-state index in [1.807, 2.05) is 0 Å². The summed E-state index contributed by atoms with van der Waals surface area (Å²) >= 11 is 0. The van der Waals surface area contributed by atoms with Crippen molar-refractivity contribution >= 4 is 0 Å². The van der Waals surface area contributed by atoms with Crippen molar-refractivity contribution in [3.05, 3.63) is 130 Å². The van der Waals surface area contributed by atoms with Crippen LogP contribution in [0.4, 0.5) is 0 Å². The summed E-state index contributed by atoms with van der Waals surface area (Å²) in [5, 5.41) is 0. The molecule has 4 aromatic carbocycles. The Morgan fingerprint density at radius 3 is 1.57 bits per heavy atom. The molecule has 1 aliphatic rings. The zero-order valence-electron chi connectivity index (χ0n) is 16.7. The Morgan fingerprint density at radius 2 is 0.964 bits per heavy atom. The lowest BCUT2D eigenvalue weighted by Crippen LogP contribution is -2.28. The third-order valence-electron chi connectivity index (χ3n) is 6.17. The summed E-state index contributed by atoms with van der Waals surface area (Å²) in [5.74, 6) is 0. The van der Waals surface area contributed by atoms with Gasteiger partial charge in [0.05, 0.1) is 5.41 Å². The molecule has 0 heterocycles. The van der Waals surface area contributed by atoms with Crippen molar-refractivity contribution in [2.45, 2.75) is 26.2 Å². The maximum absolute atomic E-state index is 2.35. The lowest BCUT2D eigenvalue weighted by molar-refractivity contribution is 0.767. The molecule has 0 saturated carbocycles. The summed E-state index contributed by atoms with van der Waals surface area (Å²) in [7, 11) is 0. The minimum atomic E-state index is -0.277. The van der Waals surface area contributed by atoms with Crippen molar-refractivity contribution in [2.75, 3.05) is 0 Å². The van der Waals surface area contributed by atoms with Gasteiger partial charge >= 0.3 is 0 Å². The fraction of sp³-hybridized carbons (Fsp3) is 0.143. The summed E-state index contributed by atoms with van der Waals surface area (Å²) in [5.41, 5.74) is 11.7. The van der Waals surface area contributed by atoms with Crippen molar-refractivity contribution in [1.29, 1.82) is 0 Å². The van der Waals surface area contributed by atoms with Crippen LogP contribution in [0.1, 0.15) is 38.9 Å². The van der Waals surface area contributed by atoms with E-state index in [4.69, 9.17) is 0 Å². The zero-order valence-corrected chi connectivity index (χ0v) is 16.7. The first-order chi connectivity index (χ1) is 13.6. The molecule has 1 aliphatic carbocycles. The van der Waals surface area contributed by atoms with E-state index in [9.17, 15) is 0 Å². The van der Waals surface area contributed by atoms with E-state index in [0.717, 1.165) is 0 Å². The second-order valence-electron chi connectivity index (χ2n) is 8.08. The smallest absolute Gasteiger partial charge is 0.0619 e. The molecule has 5 rings (SSSR count). The Bertz CT molecular complexity index is 1120. The zero-order chi connectivity index (χ0) is 19.3.